The average Bonchev–Trinajstić information content (AvgIpc) is 2.18. The Bertz CT molecular complexity index is 320. The highest BCUT2D eigenvalue weighted by molar-refractivity contribution is 5.31. The summed E-state index contributed by atoms with van der Waals surface area (Å²) < 4.78 is 5.76. The molecular formula is C13H21NO. The predicted octanol–water partition coefficient (Wildman–Crippen LogP) is 2.73. The Morgan fingerprint density at radius 1 is 1.20 bits per heavy atom. The third-order valence-electron chi connectivity index (χ3n) is 2.55. The SMILES string of the molecule is Cc1ccc(C(CN)OC(C)C)cc1C. The molecule has 0 aliphatic rings. The van der Waals surface area contributed by atoms with Gasteiger partial charge in [0.25, 0.3) is 0 Å². The molecule has 2 nitrogen and oxygen atoms in total. The number of rotatable bonds is 4. The van der Waals surface area contributed by atoms with Crippen molar-refractivity contribution in [3.05, 3.63) is 34.9 Å². The van der Waals surface area contributed by atoms with Crippen molar-refractivity contribution in [2.75, 3.05) is 6.54 Å². The summed E-state index contributed by atoms with van der Waals surface area (Å²) in [5, 5.41) is 0. The predicted molar refractivity (Wildman–Crippen MR) is 63.9 cm³/mol. The first kappa shape index (κ1) is 12.2. The molecule has 0 amide bonds. The molecular weight excluding hydrogens is 186 g/mol. The molecule has 84 valence electrons. The Labute approximate surface area is 92.4 Å². The highest BCUT2D eigenvalue weighted by Gasteiger charge is 2.12. The Hall–Kier alpha value is -0.860. The molecule has 0 saturated carbocycles. The standard InChI is InChI=1S/C13H21NO/c1-9(2)15-13(8-14)12-6-5-10(3)11(4)7-12/h5-7,9,13H,8,14H2,1-4H3. The lowest BCUT2D eigenvalue weighted by Gasteiger charge is -2.20. The van der Waals surface area contributed by atoms with Crippen molar-refractivity contribution in [2.24, 2.45) is 5.73 Å². The summed E-state index contributed by atoms with van der Waals surface area (Å²) in [4.78, 5) is 0. The van der Waals surface area contributed by atoms with E-state index in [0.717, 1.165) is 0 Å². The zero-order chi connectivity index (χ0) is 11.4. The van der Waals surface area contributed by atoms with Crippen LogP contribution in [0, 0.1) is 13.8 Å². The Morgan fingerprint density at radius 3 is 2.33 bits per heavy atom. The van der Waals surface area contributed by atoms with Gasteiger partial charge in [0.1, 0.15) is 0 Å². The highest BCUT2D eigenvalue weighted by atomic mass is 16.5. The average molecular weight is 207 g/mol. The molecule has 0 aliphatic heterocycles. The van der Waals surface area contributed by atoms with Crippen LogP contribution in [0.15, 0.2) is 18.2 Å². The molecule has 0 spiro atoms. The summed E-state index contributed by atoms with van der Waals surface area (Å²) in [6, 6.07) is 6.38. The topological polar surface area (TPSA) is 35.2 Å². The van der Waals surface area contributed by atoms with Gasteiger partial charge in [-0.2, -0.15) is 0 Å². The first-order chi connectivity index (χ1) is 7.04. The molecule has 1 unspecified atom stereocenters. The lowest BCUT2D eigenvalue weighted by atomic mass is 10.0. The number of benzene rings is 1. The van der Waals surface area contributed by atoms with Crippen molar-refractivity contribution < 1.29 is 4.74 Å². The van der Waals surface area contributed by atoms with Gasteiger partial charge in [0, 0.05) is 6.54 Å². The summed E-state index contributed by atoms with van der Waals surface area (Å²) in [5.74, 6) is 0. The van der Waals surface area contributed by atoms with Gasteiger partial charge >= 0.3 is 0 Å². The largest absolute Gasteiger partial charge is 0.370 e. The van der Waals surface area contributed by atoms with Gasteiger partial charge in [-0.05, 0) is 44.4 Å². The molecule has 1 aromatic rings. The summed E-state index contributed by atoms with van der Waals surface area (Å²) >= 11 is 0. The van der Waals surface area contributed by atoms with E-state index in [1.807, 2.05) is 13.8 Å². The van der Waals surface area contributed by atoms with Crippen molar-refractivity contribution in [1.29, 1.82) is 0 Å². The van der Waals surface area contributed by atoms with Crippen LogP contribution in [0.1, 0.15) is 36.6 Å². The van der Waals surface area contributed by atoms with E-state index in [2.05, 4.69) is 32.0 Å². The minimum Gasteiger partial charge on any atom is -0.370 e. The van der Waals surface area contributed by atoms with Crippen LogP contribution in [0.4, 0.5) is 0 Å². The van der Waals surface area contributed by atoms with Crippen LogP contribution >= 0.6 is 0 Å². The molecule has 0 bridgehead atoms. The fraction of sp³-hybridized carbons (Fsp3) is 0.538. The van der Waals surface area contributed by atoms with Crippen LogP contribution in [0.3, 0.4) is 0 Å². The first-order valence-electron chi connectivity index (χ1n) is 5.47. The molecule has 0 aromatic heterocycles. The Morgan fingerprint density at radius 2 is 1.87 bits per heavy atom. The maximum absolute atomic E-state index is 5.76. The second-order valence-electron chi connectivity index (χ2n) is 4.25. The van der Waals surface area contributed by atoms with E-state index >= 15 is 0 Å². The van der Waals surface area contributed by atoms with Crippen LogP contribution in [-0.4, -0.2) is 12.6 Å². The normalized spacial score (nSPS) is 13.2. The summed E-state index contributed by atoms with van der Waals surface area (Å²) in [5.41, 5.74) is 9.49. The molecule has 1 atom stereocenters. The lowest BCUT2D eigenvalue weighted by Crippen LogP contribution is -2.19. The van der Waals surface area contributed by atoms with Crippen LogP contribution < -0.4 is 5.73 Å². The quantitative estimate of drug-likeness (QED) is 0.824. The van der Waals surface area contributed by atoms with Crippen molar-refractivity contribution in [3.8, 4) is 0 Å². The smallest absolute Gasteiger partial charge is 0.0950 e. The third kappa shape index (κ3) is 3.33. The third-order valence-corrected chi connectivity index (χ3v) is 2.55. The molecule has 2 heteroatoms. The minimum absolute atomic E-state index is 0.0179. The number of hydrogen-bond donors (Lipinski definition) is 1. The molecule has 2 N–H and O–H groups in total. The second kappa shape index (κ2) is 5.29. The van der Waals surface area contributed by atoms with Gasteiger partial charge in [-0.25, -0.2) is 0 Å². The van der Waals surface area contributed by atoms with E-state index in [-0.39, 0.29) is 12.2 Å². The zero-order valence-corrected chi connectivity index (χ0v) is 10.1. The van der Waals surface area contributed by atoms with Gasteiger partial charge in [-0.1, -0.05) is 18.2 Å². The number of ether oxygens (including phenoxy) is 1. The van der Waals surface area contributed by atoms with E-state index in [0.29, 0.717) is 6.54 Å². The summed E-state index contributed by atoms with van der Waals surface area (Å²) in [6.45, 7) is 8.82. The second-order valence-corrected chi connectivity index (χ2v) is 4.25. The Balaban J connectivity index is 2.87. The van der Waals surface area contributed by atoms with Crippen LogP contribution in [0.2, 0.25) is 0 Å². The molecule has 15 heavy (non-hydrogen) atoms. The van der Waals surface area contributed by atoms with E-state index in [1.54, 1.807) is 0 Å². The van der Waals surface area contributed by atoms with Crippen molar-refractivity contribution in [1.82, 2.24) is 0 Å². The van der Waals surface area contributed by atoms with Gasteiger partial charge in [-0.15, -0.1) is 0 Å². The number of aryl methyl sites for hydroxylation is 2. The first-order valence-corrected chi connectivity index (χ1v) is 5.47. The van der Waals surface area contributed by atoms with Crippen molar-refractivity contribution >= 4 is 0 Å². The summed E-state index contributed by atoms with van der Waals surface area (Å²) in [6.07, 6.45) is 0.226. The van der Waals surface area contributed by atoms with E-state index in [9.17, 15) is 0 Å². The summed E-state index contributed by atoms with van der Waals surface area (Å²) in [7, 11) is 0. The van der Waals surface area contributed by atoms with E-state index in [1.165, 1.54) is 16.7 Å². The molecule has 0 radical (unpaired) electrons. The van der Waals surface area contributed by atoms with Gasteiger partial charge < -0.3 is 10.5 Å². The monoisotopic (exact) mass is 207 g/mol. The fourth-order valence-corrected chi connectivity index (χ4v) is 1.56. The van der Waals surface area contributed by atoms with Crippen molar-refractivity contribution in [2.45, 2.75) is 39.9 Å². The van der Waals surface area contributed by atoms with Crippen LogP contribution in [0.5, 0.6) is 0 Å². The van der Waals surface area contributed by atoms with E-state index in [4.69, 9.17) is 10.5 Å². The molecule has 1 aromatic carbocycles. The number of hydrogen-bond acceptors (Lipinski definition) is 2. The van der Waals surface area contributed by atoms with Gasteiger partial charge in [0.2, 0.25) is 0 Å². The molecule has 0 fully saturated rings. The lowest BCUT2D eigenvalue weighted by molar-refractivity contribution is 0.0119. The molecule has 0 heterocycles. The molecule has 1 rings (SSSR count). The maximum atomic E-state index is 5.76. The van der Waals surface area contributed by atoms with Crippen LogP contribution in [-0.2, 0) is 4.74 Å². The zero-order valence-electron chi connectivity index (χ0n) is 10.1. The fourth-order valence-electron chi connectivity index (χ4n) is 1.56. The highest BCUT2D eigenvalue weighted by Crippen LogP contribution is 2.20. The van der Waals surface area contributed by atoms with Crippen LogP contribution in [0.25, 0.3) is 0 Å². The Kier molecular flexibility index (Phi) is 4.30. The van der Waals surface area contributed by atoms with Crippen molar-refractivity contribution in [3.63, 3.8) is 0 Å². The maximum Gasteiger partial charge on any atom is 0.0950 e. The minimum atomic E-state index is 0.0179. The number of nitrogens with two attached hydrogens (primary N) is 1. The van der Waals surface area contributed by atoms with Gasteiger partial charge in [0.15, 0.2) is 0 Å². The molecule has 0 saturated heterocycles. The van der Waals surface area contributed by atoms with Gasteiger partial charge in [-0.3, -0.25) is 0 Å². The van der Waals surface area contributed by atoms with E-state index < -0.39 is 0 Å². The molecule has 0 aliphatic carbocycles. The van der Waals surface area contributed by atoms with Gasteiger partial charge in [0.05, 0.1) is 12.2 Å².